The summed E-state index contributed by atoms with van der Waals surface area (Å²) in [7, 11) is 0. The fourth-order valence-corrected chi connectivity index (χ4v) is 3.69. The highest BCUT2D eigenvalue weighted by molar-refractivity contribution is 5.99. The van der Waals surface area contributed by atoms with Crippen LogP contribution in [0, 0.1) is 17.0 Å². The lowest BCUT2D eigenvalue weighted by Gasteiger charge is -2.34. The number of fused-ring (bicyclic) bond motifs is 1. The first-order valence-electron chi connectivity index (χ1n) is 9.08. The minimum Gasteiger partial charge on any atom is -0.371 e. The topological polar surface area (TPSA) is 84.2 Å². The van der Waals surface area contributed by atoms with E-state index in [1.807, 2.05) is 37.3 Å². The number of nitro groups is 1. The number of aryl methyl sites for hydroxylation is 1. The van der Waals surface area contributed by atoms with E-state index < -0.39 is 0 Å². The van der Waals surface area contributed by atoms with E-state index in [1.54, 1.807) is 18.5 Å². The largest absolute Gasteiger partial charge is 0.371 e. The molecule has 0 unspecified atom stereocenters. The first-order chi connectivity index (χ1) is 13.1. The highest BCUT2D eigenvalue weighted by Gasteiger charge is 2.23. The van der Waals surface area contributed by atoms with Gasteiger partial charge >= 0.3 is 0 Å². The van der Waals surface area contributed by atoms with E-state index in [-0.39, 0.29) is 10.6 Å². The molecule has 1 aromatic carbocycles. The maximum Gasteiger partial charge on any atom is 0.278 e. The van der Waals surface area contributed by atoms with Crippen LogP contribution in [-0.2, 0) is 0 Å². The number of rotatable bonds is 4. The number of nitrogens with zero attached hydrogens (tertiary/aromatic N) is 4. The van der Waals surface area contributed by atoms with E-state index in [0.717, 1.165) is 48.5 Å². The Hall–Kier alpha value is -3.22. The summed E-state index contributed by atoms with van der Waals surface area (Å²) in [5, 5.41) is 16.3. The first kappa shape index (κ1) is 17.2. The van der Waals surface area contributed by atoms with Gasteiger partial charge in [0.05, 0.1) is 10.3 Å². The summed E-state index contributed by atoms with van der Waals surface area (Å²) in [6, 6.07) is 11.7. The predicted molar refractivity (Wildman–Crippen MR) is 106 cm³/mol. The van der Waals surface area contributed by atoms with Crippen LogP contribution in [0.4, 0.5) is 17.2 Å². The zero-order valence-corrected chi connectivity index (χ0v) is 15.1. The third-order valence-electron chi connectivity index (χ3n) is 5.04. The van der Waals surface area contributed by atoms with Crippen LogP contribution in [0.2, 0.25) is 0 Å². The molecule has 3 aromatic rings. The van der Waals surface area contributed by atoms with Gasteiger partial charge in [0, 0.05) is 54.4 Å². The molecule has 0 atom stereocenters. The van der Waals surface area contributed by atoms with Gasteiger partial charge in [-0.15, -0.1) is 0 Å². The molecule has 0 amide bonds. The van der Waals surface area contributed by atoms with Crippen LogP contribution < -0.4 is 10.2 Å². The maximum absolute atomic E-state index is 11.3. The van der Waals surface area contributed by atoms with Crippen molar-refractivity contribution in [3.8, 4) is 0 Å². The molecule has 1 aliphatic heterocycles. The SMILES string of the molecule is Cc1cccc(NC2CCN(c3ccc([N+](=O)[O-])c4cnccc34)CC2)n1. The van der Waals surface area contributed by atoms with Crippen LogP contribution in [0.1, 0.15) is 18.5 Å². The minimum absolute atomic E-state index is 0.101. The van der Waals surface area contributed by atoms with Crippen molar-refractivity contribution >= 4 is 28.0 Å². The number of pyridine rings is 2. The fourth-order valence-electron chi connectivity index (χ4n) is 3.69. The number of non-ortho nitro benzene ring substituents is 1. The van der Waals surface area contributed by atoms with Crippen molar-refractivity contribution in [1.29, 1.82) is 0 Å². The van der Waals surface area contributed by atoms with E-state index in [4.69, 9.17) is 0 Å². The van der Waals surface area contributed by atoms with Crippen LogP contribution in [0.15, 0.2) is 48.8 Å². The second-order valence-corrected chi connectivity index (χ2v) is 6.85. The number of benzene rings is 1. The van der Waals surface area contributed by atoms with Gasteiger partial charge in [0.25, 0.3) is 5.69 Å². The molecule has 7 nitrogen and oxygen atoms in total. The smallest absolute Gasteiger partial charge is 0.278 e. The van der Waals surface area contributed by atoms with Crippen LogP contribution in [-0.4, -0.2) is 34.0 Å². The molecule has 138 valence electrons. The van der Waals surface area contributed by atoms with Gasteiger partial charge in [-0.05, 0) is 44.0 Å². The monoisotopic (exact) mass is 363 g/mol. The summed E-state index contributed by atoms with van der Waals surface area (Å²) in [6.45, 7) is 3.76. The Bertz CT molecular complexity index is 983. The third kappa shape index (κ3) is 3.53. The quantitative estimate of drug-likeness (QED) is 0.558. The molecule has 0 saturated carbocycles. The van der Waals surface area contributed by atoms with E-state index in [9.17, 15) is 10.1 Å². The molecular formula is C20H21N5O2. The lowest BCUT2D eigenvalue weighted by Crippen LogP contribution is -2.39. The van der Waals surface area contributed by atoms with E-state index >= 15 is 0 Å². The summed E-state index contributed by atoms with van der Waals surface area (Å²) in [5.74, 6) is 0.917. The number of aromatic nitrogens is 2. The van der Waals surface area contributed by atoms with Crippen LogP contribution in [0.3, 0.4) is 0 Å². The van der Waals surface area contributed by atoms with E-state index in [2.05, 4.69) is 20.2 Å². The molecule has 27 heavy (non-hydrogen) atoms. The first-order valence-corrected chi connectivity index (χ1v) is 9.08. The van der Waals surface area contributed by atoms with Gasteiger partial charge in [-0.3, -0.25) is 15.1 Å². The lowest BCUT2D eigenvalue weighted by atomic mass is 10.0. The van der Waals surface area contributed by atoms with Crippen LogP contribution in [0.5, 0.6) is 0 Å². The average Bonchev–Trinajstić information content (AvgIpc) is 2.68. The Kier molecular flexibility index (Phi) is 4.58. The zero-order chi connectivity index (χ0) is 18.8. The van der Waals surface area contributed by atoms with Crippen molar-refractivity contribution in [2.45, 2.75) is 25.8 Å². The molecule has 4 rings (SSSR count). The van der Waals surface area contributed by atoms with Gasteiger partial charge in [-0.2, -0.15) is 0 Å². The van der Waals surface area contributed by atoms with Crippen molar-refractivity contribution in [2.75, 3.05) is 23.3 Å². The number of nitrogens with one attached hydrogen (secondary N) is 1. The number of hydrogen-bond acceptors (Lipinski definition) is 6. The number of piperidine rings is 1. The summed E-state index contributed by atoms with van der Waals surface area (Å²) >= 11 is 0. The van der Waals surface area contributed by atoms with Gasteiger partial charge in [0.1, 0.15) is 5.82 Å². The second-order valence-electron chi connectivity index (χ2n) is 6.85. The van der Waals surface area contributed by atoms with Gasteiger partial charge in [0.2, 0.25) is 0 Å². The Morgan fingerprint density at radius 2 is 1.96 bits per heavy atom. The Balaban J connectivity index is 1.51. The summed E-state index contributed by atoms with van der Waals surface area (Å²) in [6.07, 6.45) is 5.24. The highest BCUT2D eigenvalue weighted by Crippen LogP contribution is 2.34. The normalized spacial score (nSPS) is 15.1. The van der Waals surface area contributed by atoms with Crippen molar-refractivity contribution in [3.05, 3.63) is 64.6 Å². The van der Waals surface area contributed by atoms with Crippen molar-refractivity contribution in [1.82, 2.24) is 9.97 Å². The van der Waals surface area contributed by atoms with Gasteiger partial charge in [0.15, 0.2) is 0 Å². The summed E-state index contributed by atoms with van der Waals surface area (Å²) < 4.78 is 0. The standard InChI is InChI=1S/C20H21N5O2/c1-14-3-2-4-20(22-14)23-15-8-11-24(12-9-15)18-5-6-19(25(26)27)17-13-21-10-7-16(17)18/h2-7,10,13,15H,8-9,11-12H2,1H3,(H,22,23). The number of anilines is 2. The molecule has 0 aliphatic carbocycles. The second kappa shape index (κ2) is 7.19. The van der Waals surface area contributed by atoms with Gasteiger partial charge < -0.3 is 10.2 Å². The molecule has 1 saturated heterocycles. The molecule has 0 radical (unpaired) electrons. The molecule has 1 aliphatic rings. The average molecular weight is 363 g/mol. The molecule has 3 heterocycles. The van der Waals surface area contributed by atoms with Crippen LogP contribution in [0.25, 0.3) is 10.8 Å². The van der Waals surface area contributed by atoms with Gasteiger partial charge in [-0.1, -0.05) is 6.07 Å². The van der Waals surface area contributed by atoms with Crippen LogP contribution >= 0.6 is 0 Å². The molecular weight excluding hydrogens is 342 g/mol. The predicted octanol–water partition coefficient (Wildman–Crippen LogP) is 3.93. The van der Waals surface area contributed by atoms with E-state index in [1.165, 1.54) is 0 Å². The van der Waals surface area contributed by atoms with Crippen molar-refractivity contribution in [2.24, 2.45) is 0 Å². The lowest BCUT2D eigenvalue weighted by molar-refractivity contribution is -0.383. The molecule has 1 fully saturated rings. The Labute approximate surface area is 157 Å². The number of nitro benzene ring substituents is 1. The van der Waals surface area contributed by atoms with Crippen molar-refractivity contribution in [3.63, 3.8) is 0 Å². The third-order valence-corrected chi connectivity index (χ3v) is 5.04. The Morgan fingerprint density at radius 1 is 1.15 bits per heavy atom. The molecule has 7 heteroatoms. The molecule has 1 N–H and O–H groups in total. The minimum atomic E-state index is -0.348. The van der Waals surface area contributed by atoms with Crippen molar-refractivity contribution < 1.29 is 4.92 Å². The number of hydrogen-bond donors (Lipinski definition) is 1. The summed E-state index contributed by atoms with van der Waals surface area (Å²) in [5.41, 5.74) is 2.14. The highest BCUT2D eigenvalue weighted by atomic mass is 16.6. The maximum atomic E-state index is 11.3. The summed E-state index contributed by atoms with van der Waals surface area (Å²) in [4.78, 5) is 21.8. The molecule has 0 bridgehead atoms. The molecule has 0 spiro atoms. The zero-order valence-electron chi connectivity index (χ0n) is 15.1. The fraction of sp³-hybridized carbons (Fsp3) is 0.300. The van der Waals surface area contributed by atoms with Gasteiger partial charge in [-0.25, -0.2) is 4.98 Å². The molecule has 2 aromatic heterocycles. The van der Waals surface area contributed by atoms with E-state index in [0.29, 0.717) is 11.4 Å². The Morgan fingerprint density at radius 3 is 2.70 bits per heavy atom.